The molecule has 0 aliphatic carbocycles. The lowest BCUT2D eigenvalue weighted by atomic mass is 9.96. The van der Waals surface area contributed by atoms with Crippen LogP contribution in [0.5, 0.6) is 0 Å². The molecular weight excluding hydrogens is 174 g/mol. The lowest BCUT2D eigenvalue weighted by Gasteiger charge is -2.28. The number of rotatable bonds is 3. The molecule has 80 valence electrons. The van der Waals surface area contributed by atoms with Crippen molar-refractivity contribution in [1.82, 2.24) is 4.90 Å². The van der Waals surface area contributed by atoms with Gasteiger partial charge in [0.1, 0.15) is 5.54 Å². The van der Waals surface area contributed by atoms with Crippen LogP contribution in [0.25, 0.3) is 0 Å². The van der Waals surface area contributed by atoms with Crippen molar-refractivity contribution in [3.05, 3.63) is 0 Å². The summed E-state index contributed by atoms with van der Waals surface area (Å²) in [6, 6.07) is 2.58. The van der Waals surface area contributed by atoms with Crippen LogP contribution in [0.4, 0.5) is 0 Å². The second-order valence-electron chi connectivity index (χ2n) is 4.97. The van der Waals surface area contributed by atoms with Gasteiger partial charge in [0.15, 0.2) is 0 Å². The number of nitrogens with two attached hydrogens (primary N) is 1. The summed E-state index contributed by atoms with van der Waals surface area (Å²) in [7, 11) is 0. The Labute approximate surface area is 86.9 Å². The molecule has 14 heavy (non-hydrogen) atoms. The predicted molar refractivity (Wildman–Crippen MR) is 57.6 cm³/mol. The van der Waals surface area contributed by atoms with Crippen LogP contribution in [0.1, 0.15) is 33.6 Å². The molecule has 2 N–H and O–H groups in total. The highest BCUT2D eigenvalue weighted by molar-refractivity contribution is 5.03. The summed E-state index contributed by atoms with van der Waals surface area (Å²) in [5, 5.41) is 8.84. The zero-order chi connectivity index (χ0) is 10.8. The minimum absolute atomic E-state index is 0.426. The molecule has 1 heterocycles. The molecule has 1 rings (SSSR count). The van der Waals surface area contributed by atoms with E-state index in [1.165, 1.54) is 6.42 Å². The van der Waals surface area contributed by atoms with Gasteiger partial charge < -0.3 is 10.6 Å². The Bertz CT molecular complexity index is 229. The van der Waals surface area contributed by atoms with Gasteiger partial charge >= 0.3 is 0 Å². The molecule has 1 fully saturated rings. The van der Waals surface area contributed by atoms with Crippen molar-refractivity contribution >= 4 is 0 Å². The molecule has 0 radical (unpaired) electrons. The summed E-state index contributed by atoms with van der Waals surface area (Å²) < 4.78 is 0. The number of hydrogen-bond acceptors (Lipinski definition) is 3. The predicted octanol–water partition coefficient (Wildman–Crippen LogP) is 1.35. The monoisotopic (exact) mass is 195 g/mol. The van der Waals surface area contributed by atoms with Crippen LogP contribution in [-0.2, 0) is 0 Å². The summed E-state index contributed by atoms with van der Waals surface area (Å²) in [4.78, 5) is 2.44. The van der Waals surface area contributed by atoms with E-state index < -0.39 is 5.54 Å². The Hall–Kier alpha value is -0.590. The van der Waals surface area contributed by atoms with Gasteiger partial charge in [-0.3, -0.25) is 0 Å². The Morgan fingerprint density at radius 3 is 2.79 bits per heavy atom. The van der Waals surface area contributed by atoms with Crippen LogP contribution < -0.4 is 5.73 Å². The molecule has 3 heteroatoms. The minimum atomic E-state index is -0.675. The maximum absolute atomic E-state index is 8.84. The number of nitrogens with zero attached hydrogens (tertiary/aromatic N) is 2. The molecular formula is C11H21N3. The van der Waals surface area contributed by atoms with Crippen molar-refractivity contribution < 1.29 is 0 Å². The lowest BCUT2D eigenvalue weighted by Crippen LogP contribution is -2.43. The molecule has 0 spiro atoms. The van der Waals surface area contributed by atoms with Crippen molar-refractivity contribution in [2.75, 3.05) is 13.1 Å². The second-order valence-corrected chi connectivity index (χ2v) is 4.97. The van der Waals surface area contributed by atoms with E-state index in [2.05, 4.69) is 24.8 Å². The average molecular weight is 195 g/mol. The molecule has 0 aromatic rings. The maximum Gasteiger partial charge on any atom is 0.102 e. The van der Waals surface area contributed by atoms with E-state index in [1.807, 2.05) is 6.92 Å². The molecule has 3 unspecified atom stereocenters. The molecule has 3 nitrogen and oxygen atoms in total. The third-order valence-electron chi connectivity index (χ3n) is 3.05. The summed E-state index contributed by atoms with van der Waals surface area (Å²) >= 11 is 0. The normalized spacial score (nSPS) is 29.5. The van der Waals surface area contributed by atoms with Crippen LogP contribution in [0.15, 0.2) is 0 Å². The van der Waals surface area contributed by atoms with Gasteiger partial charge in [0.2, 0.25) is 0 Å². The van der Waals surface area contributed by atoms with Crippen molar-refractivity contribution in [2.24, 2.45) is 11.7 Å². The number of nitriles is 1. The molecule has 3 atom stereocenters. The SMILES string of the molecule is CC1CCN(C(C)CC(C)(N)C#N)C1. The summed E-state index contributed by atoms with van der Waals surface area (Å²) in [5.41, 5.74) is 5.16. The smallest absolute Gasteiger partial charge is 0.102 e. The average Bonchev–Trinajstić information content (AvgIpc) is 2.51. The molecule has 0 amide bonds. The van der Waals surface area contributed by atoms with Crippen LogP contribution in [0, 0.1) is 17.2 Å². The van der Waals surface area contributed by atoms with Gasteiger partial charge in [0.25, 0.3) is 0 Å². The van der Waals surface area contributed by atoms with Crippen molar-refractivity contribution in [2.45, 2.75) is 45.2 Å². The van der Waals surface area contributed by atoms with Crippen LogP contribution in [0.2, 0.25) is 0 Å². The van der Waals surface area contributed by atoms with Crippen molar-refractivity contribution in [3.8, 4) is 6.07 Å². The van der Waals surface area contributed by atoms with E-state index in [4.69, 9.17) is 11.0 Å². The Balaban J connectivity index is 2.43. The molecule has 1 aliphatic heterocycles. The van der Waals surface area contributed by atoms with E-state index in [0.717, 1.165) is 25.4 Å². The van der Waals surface area contributed by atoms with E-state index in [-0.39, 0.29) is 0 Å². The van der Waals surface area contributed by atoms with Gasteiger partial charge in [-0.2, -0.15) is 5.26 Å². The molecule has 0 aromatic carbocycles. The van der Waals surface area contributed by atoms with Crippen LogP contribution >= 0.6 is 0 Å². The second kappa shape index (κ2) is 4.29. The topological polar surface area (TPSA) is 53.0 Å². The first-order valence-corrected chi connectivity index (χ1v) is 5.39. The van der Waals surface area contributed by atoms with Gasteiger partial charge in [-0.15, -0.1) is 0 Å². The van der Waals surface area contributed by atoms with Gasteiger partial charge in [-0.25, -0.2) is 0 Å². The molecule has 0 bridgehead atoms. The quantitative estimate of drug-likeness (QED) is 0.739. The van der Waals surface area contributed by atoms with E-state index in [0.29, 0.717) is 6.04 Å². The summed E-state index contributed by atoms with van der Waals surface area (Å²) in [6.45, 7) is 8.56. The highest BCUT2D eigenvalue weighted by Crippen LogP contribution is 2.21. The highest BCUT2D eigenvalue weighted by Gasteiger charge is 2.28. The largest absolute Gasteiger partial charge is 0.314 e. The highest BCUT2D eigenvalue weighted by atomic mass is 15.2. The number of likely N-dealkylation sites (tertiary alicyclic amines) is 1. The Morgan fingerprint density at radius 1 is 1.71 bits per heavy atom. The maximum atomic E-state index is 8.84. The first kappa shape index (κ1) is 11.5. The number of hydrogen-bond donors (Lipinski definition) is 1. The van der Waals surface area contributed by atoms with E-state index in [1.54, 1.807) is 0 Å². The third kappa shape index (κ3) is 2.97. The lowest BCUT2D eigenvalue weighted by molar-refractivity contribution is 0.220. The van der Waals surface area contributed by atoms with Crippen molar-refractivity contribution in [3.63, 3.8) is 0 Å². The Morgan fingerprint density at radius 2 is 2.36 bits per heavy atom. The molecule has 0 saturated carbocycles. The van der Waals surface area contributed by atoms with Gasteiger partial charge in [0, 0.05) is 12.6 Å². The minimum Gasteiger partial charge on any atom is -0.314 e. The zero-order valence-corrected chi connectivity index (χ0v) is 9.45. The molecule has 1 saturated heterocycles. The molecule has 0 aromatic heterocycles. The fourth-order valence-electron chi connectivity index (χ4n) is 2.16. The molecule has 1 aliphatic rings. The first-order valence-electron chi connectivity index (χ1n) is 5.39. The third-order valence-corrected chi connectivity index (χ3v) is 3.05. The van der Waals surface area contributed by atoms with E-state index >= 15 is 0 Å². The Kier molecular flexibility index (Phi) is 3.52. The van der Waals surface area contributed by atoms with Gasteiger partial charge in [-0.1, -0.05) is 6.92 Å². The fraction of sp³-hybridized carbons (Fsp3) is 0.909. The summed E-state index contributed by atoms with van der Waals surface area (Å²) in [5.74, 6) is 0.795. The summed E-state index contributed by atoms with van der Waals surface area (Å²) in [6.07, 6.45) is 2.04. The van der Waals surface area contributed by atoms with Crippen molar-refractivity contribution in [1.29, 1.82) is 5.26 Å². The fourth-order valence-corrected chi connectivity index (χ4v) is 2.16. The van der Waals surface area contributed by atoms with Gasteiger partial charge in [-0.05, 0) is 39.2 Å². The first-order chi connectivity index (χ1) is 6.44. The standard InChI is InChI=1S/C11H21N3/c1-9-4-5-14(7-9)10(2)6-11(3,13)8-12/h9-10H,4-7,13H2,1-3H3. The zero-order valence-electron chi connectivity index (χ0n) is 9.45. The van der Waals surface area contributed by atoms with Gasteiger partial charge in [0.05, 0.1) is 6.07 Å². The van der Waals surface area contributed by atoms with E-state index in [9.17, 15) is 0 Å². The van der Waals surface area contributed by atoms with Crippen LogP contribution in [-0.4, -0.2) is 29.6 Å². The van der Waals surface area contributed by atoms with Crippen LogP contribution in [0.3, 0.4) is 0 Å².